The van der Waals surface area contributed by atoms with Crippen LogP contribution in [0.5, 0.6) is 0 Å². The van der Waals surface area contributed by atoms with Crippen LogP contribution in [0.15, 0.2) is 11.8 Å². The molecule has 1 rings (SSSR count). The van der Waals surface area contributed by atoms with Crippen LogP contribution in [0.2, 0.25) is 0 Å². The summed E-state index contributed by atoms with van der Waals surface area (Å²) in [5.74, 6) is 0.853. The van der Waals surface area contributed by atoms with Gasteiger partial charge in [0.25, 0.3) is 0 Å². The van der Waals surface area contributed by atoms with E-state index in [4.69, 9.17) is 0 Å². The molecule has 0 aromatic carbocycles. The molecular weight excluding hydrogens is 158 g/mol. The maximum Gasteiger partial charge on any atom is 0.0207 e. The first kappa shape index (κ1) is 10.6. The fourth-order valence-electron chi connectivity index (χ4n) is 1.98. The normalized spacial score (nSPS) is 21.4. The molecule has 76 valence electrons. The third kappa shape index (κ3) is 3.41. The SMILES string of the molecule is CCCCC1=CNCC1CCCC. The number of hydrogen-bond donors (Lipinski definition) is 1. The van der Waals surface area contributed by atoms with Gasteiger partial charge in [-0.05, 0) is 37.0 Å². The molecule has 0 fully saturated rings. The Kier molecular flexibility index (Phi) is 4.95. The van der Waals surface area contributed by atoms with E-state index in [0.29, 0.717) is 0 Å². The van der Waals surface area contributed by atoms with Crippen LogP contribution >= 0.6 is 0 Å². The van der Waals surface area contributed by atoms with Gasteiger partial charge in [0.1, 0.15) is 0 Å². The zero-order valence-electron chi connectivity index (χ0n) is 9.10. The summed E-state index contributed by atoms with van der Waals surface area (Å²) >= 11 is 0. The van der Waals surface area contributed by atoms with Crippen molar-refractivity contribution in [2.24, 2.45) is 5.92 Å². The standard InChI is InChI=1S/C12H23N/c1-3-5-7-11-9-13-10-12(11)8-6-4-2/h9,12-13H,3-8,10H2,1-2H3. The van der Waals surface area contributed by atoms with Crippen LogP contribution in [0.1, 0.15) is 52.4 Å². The minimum absolute atomic E-state index is 0.853. The fourth-order valence-corrected chi connectivity index (χ4v) is 1.98. The number of hydrogen-bond acceptors (Lipinski definition) is 1. The van der Waals surface area contributed by atoms with E-state index in [-0.39, 0.29) is 0 Å². The molecule has 0 radical (unpaired) electrons. The van der Waals surface area contributed by atoms with Crippen LogP contribution in [0.3, 0.4) is 0 Å². The Labute approximate surface area is 82.6 Å². The summed E-state index contributed by atoms with van der Waals surface area (Å²) < 4.78 is 0. The highest BCUT2D eigenvalue weighted by molar-refractivity contribution is 5.12. The van der Waals surface area contributed by atoms with Gasteiger partial charge in [0.05, 0.1) is 0 Å². The van der Waals surface area contributed by atoms with Gasteiger partial charge in [0, 0.05) is 6.54 Å². The van der Waals surface area contributed by atoms with E-state index < -0.39 is 0 Å². The lowest BCUT2D eigenvalue weighted by Crippen LogP contribution is -2.10. The van der Waals surface area contributed by atoms with E-state index in [0.717, 1.165) is 5.92 Å². The second-order valence-electron chi connectivity index (χ2n) is 4.07. The van der Waals surface area contributed by atoms with Crippen molar-refractivity contribution in [1.82, 2.24) is 5.32 Å². The molecule has 0 amide bonds. The first-order chi connectivity index (χ1) is 6.38. The van der Waals surface area contributed by atoms with Crippen molar-refractivity contribution in [2.45, 2.75) is 52.4 Å². The molecule has 1 N–H and O–H groups in total. The quantitative estimate of drug-likeness (QED) is 0.661. The minimum Gasteiger partial charge on any atom is -0.390 e. The molecule has 1 heterocycles. The molecule has 0 spiro atoms. The minimum atomic E-state index is 0.853. The predicted octanol–water partition coefficient (Wildman–Crippen LogP) is 3.47. The average molecular weight is 181 g/mol. The number of nitrogens with one attached hydrogen (secondary N) is 1. The maximum absolute atomic E-state index is 3.38. The second-order valence-corrected chi connectivity index (χ2v) is 4.07. The van der Waals surface area contributed by atoms with E-state index in [1.807, 2.05) is 0 Å². The van der Waals surface area contributed by atoms with Crippen LogP contribution in [0.25, 0.3) is 0 Å². The highest BCUT2D eigenvalue weighted by atomic mass is 14.9. The molecule has 1 aliphatic heterocycles. The van der Waals surface area contributed by atoms with Gasteiger partial charge >= 0.3 is 0 Å². The summed E-state index contributed by atoms with van der Waals surface area (Å²) in [6.45, 7) is 5.74. The molecule has 0 saturated carbocycles. The molecule has 0 bridgehead atoms. The molecule has 13 heavy (non-hydrogen) atoms. The van der Waals surface area contributed by atoms with Gasteiger partial charge in [-0.3, -0.25) is 0 Å². The van der Waals surface area contributed by atoms with Crippen molar-refractivity contribution in [3.05, 3.63) is 11.8 Å². The van der Waals surface area contributed by atoms with E-state index in [9.17, 15) is 0 Å². The lowest BCUT2D eigenvalue weighted by molar-refractivity contribution is 0.526. The second kappa shape index (κ2) is 6.06. The van der Waals surface area contributed by atoms with Crippen molar-refractivity contribution in [1.29, 1.82) is 0 Å². The van der Waals surface area contributed by atoms with Gasteiger partial charge in [0.2, 0.25) is 0 Å². The van der Waals surface area contributed by atoms with Crippen molar-refractivity contribution in [2.75, 3.05) is 6.54 Å². The molecule has 0 aromatic heterocycles. The van der Waals surface area contributed by atoms with Gasteiger partial charge in [-0.2, -0.15) is 0 Å². The Bertz CT molecular complexity index is 161. The smallest absolute Gasteiger partial charge is 0.0207 e. The highest BCUT2D eigenvalue weighted by Crippen LogP contribution is 2.25. The Balaban J connectivity index is 2.25. The molecule has 1 nitrogen and oxygen atoms in total. The van der Waals surface area contributed by atoms with Crippen LogP contribution in [-0.2, 0) is 0 Å². The van der Waals surface area contributed by atoms with Crippen LogP contribution in [0, 0.1) is 5.92 Å². The molecular formula is C12H23N. The van der Waals surface area contributed by atoms with Crippen LogP contribution < -0.4 is 5.32 Å². The number of unbranched alkanes of at least 4 members (excludes halogenated alkanes) is 2. The maximum atomic E-state index is 3.38. The molecule has 0 aliphatic carbocycles. The summed E-state index contributed by atoms with van der Waals surface area (Å²) in [6.07, 6.45) is 10.4. The summed E-state index contributed by atoms with van der Waals surface area (Å²) in [7, 11) is 0. The fraction of sp³-hybridized carbons (Fsp3) is 0.833. The van der Waals surface area contributed by atoms with Gasteiger partial charge in [-0.15, -0.1) is 0 Å². The zero-order valence-corrected chi connectivity index (χ0v) is 9.10. The van der Waals surface area contributed by atoms with Crippen molar-refractivity contribution in [3.8, 4) is 0 Å². The predicted molar refractivity (Wildman–Crippen MR) is 58.6 cm³/mol. The summed E-state index contributed by atoms with van der Waals surface area (Å²) in [4.78, 5) is 0. The molecule has 1 unspecified atom stereocenters. The van der Waals surface area contributed by atoms with Crippen molar-refractivity contribution < 1.29 is 0 Å². The lowest BCUT2D eigenvalue weighted by Gasteiger charge is -2.12. The Morgan fingerprint density at radius 2 is 2.08 bits per heavy atom. The summed E-state index contributed by atoms with van der Waals surface area (Å²) in [6, 6.07) is 0. The first-order valence-corrected chi connectivity index (χ1v) is 5.80. The van der Waals surface area contributed by atoms with Crippen LogP contribution in [-0.4, -0.2) is 6.54 Å². The summed E-state index contributed by atoms with van der Waals surface area (Å²) in [5, 5.41) is 3.38. The highest BCUT2D eigenvalue weighted by Gasteiger charge is 2.17. The zero-order chi connectivity index (χ0) is 9.52. The Morgan fingerprint density at radius 1 is 1.31 bits per heavy atom. The Hall–Kier alpha value is -0.460. The largest absolute Gasteiger partial charge is 0.390 e. The third-order valence-corrected chi connectivity index (χ3v) is 2.90. The lowest BCUT2D eigenvalue weighted by atomic mass is 9.93. The average Bonchev–Trinajstić information content (AvgIpc) is 2.59. The monoisotopic (exact) mass is 181 g/mol. The molecule has 0 aromatic rings. The molecule has 1 aliphatic rings. The van der Waals surface area contributed by atoms with E-state index in [2.05, 4.69) is 25.4 Å². The molecule has 1 heteroatoms. The number of rotatable bonds is 6. The van der Waals surface area contributed by atoms with Gasteiger partial charge in [0.15, 0.2) is 0 Å². The van der Waals surface area contributed by atoms with Gasteiger partial charge < -0.3 is 5.32 Å². The van der Waals surface area contributed by atoms with E-state index in [1.54, 1.807) is 5.57 Å². The van der Waals surface area contributed by atoms with E-state index >= 15 is 0 Å². The van der Waals surface area contributed by atoms with Crippen molar-refractivity contribution >= 4 is 0 Å². The summed E-state index contributed by atoms with van der Waals surface area (Å²) in [5.41, 5.74) is 1.68. The van der Waals surface area contributed by atoms with Gasteiger partial charge in [-0.1, -0.05) is 33.1 Å². The molecule has 0 saturated heterocycles. The first-order valence-electron chi connectivity index (χ1n) is 5.80. The topological polar surface area (TPSA) is 12.0 Å². The van der Waals surface area contributed by atoms with Crippen molar-refractivity contribution in [3.63, 3.8) is 0 Å². The molecule has 1 atom stereocenters. The Morgan fingerprint density at radius 3 is 2.77 bits per heavy atom. The van der Waals surface area contributed by atoms with Crippen LogP contribution in [0.4, 0.5) is 0 Å². The van der Waals surface area contributed by atoms with Gasteiger partial charge in [-0.25, -0.2) is 0 Å². The third-order valence-electron chi connectivity index (χ3n) is 2.90. The van der Waals surface area contributed by atoms with E-state index in [1.165, 1.54) is 45.1 Å².